The van der Waals surface area contributed by atoms with Crippen LogP contribution in [0, 0.1) is 5.21 Å². The lowest BCUT2D eigenvalue weighted by Gasteiger charge is -2.17. The van der Waals surface area contributed by atoms with E-state index in [1.807, 2.05) is 0 Å². The Morgan fingerprint density at radius 3 is 2.62 bits per heavy atom. The predicted octanol–water partition coefficient (Wildman–Crippen LogP) is 0.682. The number of aromatic nitrogens is 1. The molecule has 0 saturated heterocycles. The van der Waals surface area contributed by atoms with Gasteiger partial charge in [0.15, 0.2) is 6.20 Å². The zero-order valence-corrected chi connectivity index (χ0v) is 7.52. The average Bonchev–Trinajstić information content (AvgIpc) is 2.04. The van der Waals surface area contributed by atoms with Crippen molar-refractivity contribution < 1.29 is 14.6 Å². The maximum absolute atomic E-state index is 11.2. The fraction of sp³-hybridized carbons (Fsp3) is 0.333. The molecule has 0 fully saturated rings. The van der Waals surface area contributed by atoms with Crippen LogP contribution in [0.25, 0.3) is 0 Å². The molecule has 0 spiro atoms. The van der Waals surface area contributed by atoms with Crippen LogP contribution >= 0.6 is 0 Å². The topological polar surface area (TPSA) is 64.2 Å². The van der Waals surface area contributed by atoms with E-state index in [4.69, 9.17) is 5.11 Å². The van der Waals surface area contributed by atoms with Crippen molar-refractivity contribution in [3.05, 3.63) is 35.3 Å². The Labute approximate surface area is 76.0 Å². The van der Waals surface area contributed by atoms with Crippen LogP contribution in [0.2, 0.25) is 0 Å². The number of carboxylic acids is 1. The Hall–Kier alpha value is -1.58. The fourth-order valence-corrected chi connectivity index (χ4v) is 1.02. The molecule has 0 radical (unpaired) electrons. The summed E-state index contributed by atoms with van der Waals surface area (Å²) in [5.41, 5.74) is -0.911. The zero-order chi connectivity index (χ0) is 10.1. The summed E-state index contributed by atoms with van der Waals surface area (Å²) in [5, 5.41) is 20.1. The summed E-state index contributed by atoms with van der Waals surface area (Å²) in [6.45, 7) is 3.00. The van der Waals surface area contributed by atoms with Gasteiger partial charge in [0, 0.05) is 12.1 Å². The van der Waals surface area contributed by atoms with Gasteiger partial charge in [-0.05, 0) is 19.9 Å². The second-order valence-electron chi connectivity index (χ2n) is 3.34. The van der Waals surface area contributed by atoms with Gasteiger partial charge in [0.1, 0.15) is 5.41 Å². The molecule has 1 aromatic rings. The molecule has 0 saturated carbocycles. The Morgan fingerprint density at radius 2 is 2.15 bits per heavy atom. The molecule has 0 aliphatic rings. The van der Waals surface area contributed by atoms with Gasteiger partial charge in [-0.1, -0.05) is 0 Å². The predicted molar refractivity (Wildman–Crippen MR) is 46.1 cm³/mol. The average molecular weight is 181 g/mol. The van der Waals surface area contributed by atoms with Gasteiger partial charge in [-0.25, -0.2) is 0 Å². The highest BCUT2D eigenvalue weighted by Gasteiger charge is 2.36. The van der Waals surface area contributed by atoms with Crippen LogP contribution < -0.4 is 4.73 Å². The van der Waals surface area contributed by atoms with E-state index in [0.717, 1.165) is 0 Å². The molecule has 1 rings (SSSR count). The largest absolute Gasteiger partial charge is 0.618 e. The number of carbonyl (C=O) groups is 1. The number of aliphatic carboxylic acids is 1. The van der Waals surface area contributed by atoms with Crippen molar-refractivity contribution in [2.45, 2.75) is 19.3 Å². The van der Waals surface area contributed by atoms with Crippen LogP contribution in [-0.2, 0) is 10.2 Å². The first-order chi connectivity index (χ1) is 5.96. The number of hydrogen-bond acceptors (Lipinski definition) is 2. The smallest absolute Gasteiger partial charge is 0.319 e. The Kier molecular flexibility index (Phi) is 2.23. The quantitative estimate of drug-likeness (QED) is 0.539. The summed E-state index contributed by atoms with van der Waals surface area (Å²) in [6, 6.07) is 4.73. The van der Waals surface area contributed by atoms with E-state index < -0.39 is 11.4 Å². The second-order valence-corrected chi connectivity index (χ2v) is 3.34. The van der Waals surface area contributed by atoms with E-state index >= 15 is 0 Å². The molecule has 1 heterocycles. The molecule has 0 aliphatic heterocycles. The number of hydrogen-bond donors (Lipinski definition) is 1. The van der Waals surface area contributed by atoms with Gasteiger partial charge in [0.05, 0.1) is 0 Å². The third-order valence-electron chi connectivity index (χ3n) is 2.00. The van der Waals surface area contributed by atoms with Crippen LogP contribution in [0.15, 0.2) is 24.4 Å². The van der Waals surface area contributed by atoms with E-state index in [1.54, 1.807) is 12.1 Å². The van der Waals surface area contributed by atoms with Crippen molar-refractivity contribution >= 4 is 5.97 Å². The van der Waals surface area contributed by atoms with Crippen molar-refractivity contribution in [2.75, 3.05) is 0 Å². The van der Waals surface area contributed by atoms with Gasteiger partial charge >= 0.3 is 5.97 Å². The van der Waals surface area contributed by atoms with Gasteiger partial charge in [0.25, 0.3) is 0 Å². The Bertz CT molecular complexity index is 333. The minimum Gasteiger partial charge on any atom is -0.618 e. The normalized spacial score (nSPS) is 11.2. The summed E-state index contributed by atoms with van der Waals surface area (Å²) < 4.78 is 0.577. The number of pyridine rings is 1. The highest BCUT2D eigenvalue weighted by Crippen LogP contribution is 2.19. The second kappa shape index (κ2) is 3.05. The number of nitrogens with zero attached hydrogens (tertiary/aromatic N) is 1. The zero-order valence-electron chi connectivity index (χ0n) is 7.52. The molecule has 0 unspecified atom stereocenters. The summed E-state index contributed by atoms with van der Waals surface area (Å²) in [4.78, 5) is 10.8. The van der Waals surface area contributed by atoms with Crippen LogP contribution in [0.4, 0.5) is 0 Å². The molecule has 4 heteroatoms. The molecule has 13 heavy (non-hydrogen) atoms. The highest BCUT2D eigenvalue weighted by molar-refractivity contribution is 5.79. The minimum absolute atomic E-state index is 0.238. The van der Waals surface area contributed by atoms with E-state index in [9.17, 15) is 10.0 Å². The molecule has 1 aromatic heterocycles. The molecule has 0 aliphatic carbocycles. The van der Waals surface area contributed by atoms with Gasteiger partial charge in [-0.2, -0.15) is 4.73 Å². The van der Waals surface area contributed by atoms with Crippen molar-refractivity contribution in [3.8, 4) is 0 Å². The summed E-state index contributed by atoms with van der Waals surface area (Å²) in [5.74, 6) is -1.01. The summed E-state index contributed by atoms with van der Waals surface area (Å²) in [6.07, 6.45) is 1.29. The van der Waals surface area contributed by atoms with Crippen LogP contribution in [-0.4, -0.2) is 11.1 Å². The van der Waals surface area contributed by atoms with Gasteiger partial charge < -0.3 is 10.3 Å². The molecule has 0 bridgehead atoms. The van der Waals surface area contributed by atoms with E-state index in [-0.39, 0.29) is 5.69 Å². The van der Waals surface area contributed by atoms with E-state index in [1.165, 1.54) is 26.1 Å². The van der Waals surface area contributed by atoms with E-state index in [0.29, 0.717) is 4.73 Å². The molecular weight excluding hydrogens is 170 g/mol. The van der Waals surface area contributed by atoms with Crippen LogP contribution in [0.5, 0.6) is 0 Å². The SMILES string of the molecule is CC(C)(C(=O)O)c1cccc[n+]1[O-]. The Morgan fingerprint density at radius 1 is 1.54 bits per heavy atom. The molecule has 0 atom stereocenters. The third-order valence-corrected chi connectivity index (χ3v) is 2.00. The lowest BCUT2D eigenvalue weighted by Crippen LogP contribution is -2.43. The van der Waals surface area contributed by atoms with Crippen LogP contribution in [0.1, 0.15) is 19.5 Å². The fourth-order valence-electron chi connectivity index (χ4n) is 1.02. The molecule has 4 nitrogen and oxygen atoms in total. The van der Waals surface area contributed by atoms with Crippen LogP contribution in [0.3, 0.4) is 0 Å². The minimum atomic E-state index is -1.15. The van der Waals surface area contributed by atoms with Crippen molar-refractivity contribution in [1.82, 2.24) is 0 Å². The first-order valence-corrected chi connectivity index (χ1v) is 3.88. The molecule has 0 amide bonds. The Balaban J connectivity index is 3.22. The first kappa shape index (κ1) is 9.51. The third kappa shape index (κ3) is 1.61. The summed E-state index contributed by atoms with van der Waals surface area (Å²) in [7, 11) is 0. The van der Waals surface area contributed by atoms with Gasteiger partial charge in [-0.15, -0.1) is 0 Å². The highest BCUT2D eigenvalue weighted by atomic mass is 16.5. The lowest BCUT2D eigenvalue weighted by molar-refractivity contribution is -0.617. The molecular formula is C9H11NO3. The van der Waals surface area contributed by atoms with Gasteiger partial charge in [-0.3, -0.25) is 4.79 Å². The molecule has 70 valence electrons. The van der Waals surface area contributed by atoms with Crippen molar-refractivity contribution in [1.29, 1.82) is 0 Å². The molecule has 1 N–H and O–H groups in total. The van der Waals surface area contributed by atoms with E-state index in [2.05, 4.69) is 0 Å². The van der Waals surface area contributed by atoms with Crippen molar-refractivity contribution in [2.24, 2.45) is 0 Å². The summed E-state index contributed by atoms with van der Waals surface area (Å²) >= 11 is 0. The maximum Gasteiger partial charge on any atom is 0.319 e. The lowest BCUT2D eigenvalue weighted by atomic mass is 9.89. The monoisotopic (exact) mass is 181 g/mol. The maximum atomic E-state index is 11.2. The van der Waals surface area contributed by atoms with Crippen molar-refractivity contribution in [3.63, 3.8) is 0 Å². The molecule has 0 aromatic carbocycles. The standard InChI is InChI=1S/C9H11NO3/c1-9(2,8(11)12)7-5-3-4-6-10(7)13/h3-6H,1-2H3,(H,11,12). The first-order valence-electron chi connectivity index (χ1n) is 3.88. The number of rotatable bonds is 2. The van der Waals surface area contributed by atoms with Gasteiger partial charge in [0.2, 0.25) is 5.69 Å². The number of carboxylic acid groups (broad SMARTS) is 1.